The van der Waals surface area contributed by atoms with Crippen LogP contribution in [0.1, 0.15) is 43.7 Å². The van der Waals surface area contributed by atoms with Gasteiger partial charge >= 0.3 is 0 Å². The highest BCUT2D eigenvalue weighted by atomic mass is 19.1. The van der Waals surface area contributed by atoms with Crippen LogP contribution in [0.15, 0.2) is 54.6 Å². The zero-order valence-electron chi connectivity index (χ0n) is 15.5. The van der Waals surface area contributed by atoms with Crippen LogP contribution in [0, 0.1) is 23.1 Å². The molecule has 2 aromatic carbocycles. The van der Waals surface area contributed by atoms with Crippen molar-refractivity contribution < 1.29 is 4.39 Å². The number of hydrogen-bond donors (Lipinski definition) is 0. The second-order valence-corrected chi connectivity index (χ2v) is 7.30. The highest BCUT2D eigenvalue weighted by Crippen LogP contribution is 2.50. The second kappa shape index (κ2) is 8.47. The lowest BCUT2D eigenvalue weighted by molar-refractivity contribution is 0.260. The molecule has 1 saturated carbocycles. The van der Waals surface area contributed by atoms with E-state index in [1.807, 2.05) is 12.1 Å². The quantitative estimate of drug-likeness (QED) is 0.613. The van der Waals surface area contributed by atoms with E-state index in [0.29, 0.717) is 11.5 Å². The van der Waals surface area contributed by atoms with Crippen LogP contribution in [0.3, 0.4) is 0 Å². The van der Waals surface area contributed by atoms with Gasteiger partial charge in [0.2, 0.25) is 0 Å². The molecule has 2 nitrogen and oxygen atoms in total. The van der Waals surface area contributed by atoms with Crippen LogP contribution in [-0.4, -0.2) is 18.0 Å². The van der Waals surface area contributed by atoms with Gasteiger partial charge in [0.05, 0.1) is 11.5 Å². The Bertz CT molecular complexity index is 748. The highest BCUT2D eigenvalue weighted by Gasteiger charge is 2.47. The van der Waals surface area contributed by atoms with Crippen LogP contribution in [0.4, 0.5) is 4.39 Å². The number of nitriles is 1. The van der Waals surface area contributed by atoms with Crippen LogP contribution < -0.4 is 0 Å². The van der Waals surface area contributed by atoms with Gasteiger partial charge in [-0.3, -0.25) is 4.90 Å². The molecular weight excluding hydrogens is 323 g/mol. The first-order valence-corrected chi connectivity index (χ1v) is 9.62. The van der Waals surface area contributed by atoms with E-state index in [9.17, 15) is 9.65 Å². The number of benzene rings is 2. The third-order valence-electron chi connectivity index (χ3n) is 5.57. The summed E-state index contributed by atoms with van der Waals surface area (Å²) in [6.07, 6.45) is 3.69. The largest absolute Gasteiger partial charge is 0.299 e. The lowest BCUT2D eigenvalue weighted by Gasteiger charge is -2.29. The SMILES string of the molecule is CCN(CCCC(C#N)(c1ccccc1F)C1CC1)Cc1ccccc1. The molecule has 0 N–H and O–H groups in total. The molecule has 0 spiro atoms. The Balaban J connectivity index is 1.67. The maximum atomic E-state index is 14.4. The minimum Gasteiger partial charge on any atom is -0.299 e. The van der Waals surface area contributed by atoms with Crippen LogP contribution in [0.2, 0.25) is 0 Å². The summed E-state index contributed by atoms with van der Waals surface area (Å²) in [5.74, 6) is 0.0613. The van der Waals surface area contributed by atoms with Crippen LogP contribution in [0.5, 0.6) is 0 Å². The minimum absolute atomic E-state index is 0.238. The van der Waals surface area contributed by atoms with E-state index in [-0.39, 0.29) is 5.82 Å². The molecule has 0 aromatic heterocycles. The zero-order valence-corrected chi connectivity index (χ0v) is 15.5. The monoisotopic (exact) mass is 350 g/mol. The molecule has 1 aliphatic rings. The van der Waals surface area contributed by atoms with Gasteiger partial charge in [0.25, 0.3) is 0 Å². The van der Waals surface area contributed by atoms with Gasteiger partial charge in [-0.15, -0.1) is 0 Å². The van der Waals surface area contributed by atoms with Crippen molar-refractivity contribution in [2.24, 2.45) is 5.92 Å². The van der Waals surface area contributed by atoms with Gasteiger partial charge < -0.3 is 0 Å². The van der Waals surface area contributed by atoms with Crippen molar-refractivity contribution in [3.8, 4) is 6.07 Å². The Morgan fingerprint density at radius 3 is 2.42 bits per heavy atom. The molecule has 0 amide bonds. The van der Waals surface area contributed by atoms with Gasteiger partial charge in [-0.2, -0.15) is 5.26 Å². The Hall–Kier alpha value is -2.18. The molecule has 1 aliphatic carbocycles. The minimum atomic E-state index is -0.669. The van der Waals surface area contributed by atoms with Crippen molar-refractivity contribution in [3.05, 3.63) is 71.5 Å². The van der Waals surface area contributed by atoms with Gasteiger partial charge in [0.15, 0.2) is 0 Å². The Kier molecular flexibility index (Phi) is 6.06. The predicted molar refractivity (Wildman–Crippen MR) is 103 cm³/mol. The molecule has 1 atom stereocenters. The fourth-order valence-electron chi connectivity index (χ4n) is 3.94. The van der Waals surface area contributed by atoms with E-state index in [1.54, 1.807) is 12.1 Å². The summed E-state index contributed by atoms with van der Waals surface area (Å²) in [4.78, 5) is 2.39. The molecule has 26 heavy (non-hydrogen) atoms. The van der Waals surface area contributed by atoms with Gasteiger partial charge in [-0.05, 0) is 56.3 Å². The van der Waals surface area contributed by atoms with Gasteiger partial charge in [0, 0.05) is 12.1 Å². The smallest absolute Gasteiger partial charge is 0.128 e. The summed E-state index contributed by atoms with van der Waals surface area (Å²) < 4.78 is 14.4. The first kappa shape index (κ1) is 18.6. The normalized spacial score (nSPS) is 16.2. The highest BCUT2D eigenvalue weighted by molar-refractivity contribution is 5.36. The van der Waals surface area contributed by atoms with Crippen LogP contribution in [0.25, 0.3) is 0 Å². The lowest BCUT2D eigenvalue weighted by Crippen LogP contribution is -2.31. The van der Waals surface area contributed by atoms with Gasteiger partial charge in [-0.25, -0.2) is 4.39 Å². The summed E-state index contributed by atoms with van der Waals surface area (Å²) in [5.41, 5.74) is 1.23. The molecule has 1 unspecified atom stereocenters. The molecule has 0 bridgehead atoms. The van der Waals surface area contributed by atoms with E-state index < -0.39 is 5.41 Å². The van der Waals surface area contributed by atoms with Crippen molar-refractivity contribution in [1.29, 1.82) is 5.26 Å². The number of nitrogens with zero attached hydrogens (tertiary/aromatic N) is 2. The second-order valence-electron chi connectivity index (χ2n) is 7.30. The number of hydrogen-bond acceptors (Lipinski definition) is 2. The number of halogens is 1. The van der Waals surface area contributed by atoms with E-state index >= 15 is 0 Å². The summed E-state index contributed by atoms with van der Waals surface area (Å²) >= 11 is 0. The maximum Gasteiger partial charge on any atom is 0.128 e. The first-order valence-electron chi connectivity index (χ1n) is 9.62. The Labute approximate surface area is 156 Å². The Morgan fingerprint density at radius 1 is 1.12 bits per heavy atom. The maximum absolute atomic E-state index is 14.4. The van der Waals surface area contributed by atoms with Crippen molar-refractivity contribution in [3.63, 3.8) is 0 Å². The summed E-state index contributed by atoms with van der Waals surface area (Å²) in [6, 6.07) is 19.8. The third kappa shape index (κ3) is 4.14. The molecule has 0 aliphatic heterocycles. The lowest BCUT2D eigenvalue weighted by atomic mass is 9.73. The van der Waals surface area contributed by atoms with E-state index in [2.05, 4.69) is 42.2 Å². The van der Waals surface area contributed by atoms with Crippen molar-refractivity contribution in [2.45, 2.75) is 44.6 Å². The van der Waals surface area contributed by atoms with E-state index in [1.165, 1.54) is 11.6 Å². The van der Waals surface area contributed by atoms with E-state index in [0.717, 1.165) is 45.3 Å². The standard InChI is InChI=1S/C23H27FN2/c1-2-26(17-19-9-4-3-5-10-19)16-8-15-23(18-25,20-13-14-20)21-11-6-7-12-22(21)24/h3-7,9-12,20H,2,8,13-17H2,1H3. The molecule has 3 heteroatoms. The summed E-state index contributed by atoms with van der Waals surface area (Å²) in [6.45, 7) is 4.98. The third-order valence-corrected chi connectivity index (χ3v) is 5.57. The van der Waals surface area contributed by atoms with Crippen molar-refractivity contribution in [2.75, 3.05) is 13.1 Å². The van der Waals surface area contributed by atoms with E-state index in [4.69, 9.17) is 0 Å². The van der Waals surface area contributed by atoms with Gasteiger partial charge in [0.1, 0.15) is 5.82 Å². The summed E-state index contributed by atoms with van der Waals surface area (Å²) in [5, 5.41) is 9.99. The van der Waals surface area contributed by atoms with Crippen molar-refractivity contribution >= 4 is 0 Å². The molecular formula is C23H27FN2. The molecule has 0 radical (unpaired) electrons. The average Bonchev–Trinajstić information content (AvgIpc) is 3.52. The topological polar surface area (TPSA) is 27.0 Å². The first-order chi connectivity index (χ1) is 12.7. The fourth-order valence-corrected chi connectivity index (χ4v) is 3.94. The molecule has 3 rings (SSSR count). The molecule has 0 saturated heterocycles. The molecule has 1 fully saturated rings. The zero-order chi connectivity index (χ0) is 18.4. The number of rotatable bonds is 9. The predicted octanol–water partition coefficient (Wildman–Crippen LogP) is 5.30. The van der Waals surface area contributed by atoms with Crippen LogP contribution in [-0.2, 0) is 12.0 Å². The van der Waals surface area contributed by atoms with Crippen molar-refractivity contribution in [1.82, 2.24) is 4.90 Å². The van der Waals surface area contributed by atoms with Crippen LogP contribution >= 0.6 is 0 Å². The Morgan fingerprint density at radius 2 is 1.81 bits per heavy atom. The average molecular weight is 350 g/mol. The van der Waals surface area contributed by atoms with Gasteiger partial charge in [-0.1, -0.05) is 55.5 Å². The molecule has 2 aromatic rings. The summed E-state index contributed by atoms with van der Waals surface area (Å²) in [7, 11) is 0. The fraction of sp³-hybridized carbons (Fsp3) is 0.435. The molecule has 0 heterocycles. The molecule has 136 valence electrons.